The predicted octanol–water partition coefficient (Wildman–Crippen LogP) is 3.21. The molecule has 2 rings (SSSR count). The number of ether oxygens (including phenoxy) is 1. The third-order valence-electron chi connectivity index (χ3n) is 3.27. The summed E-state index contributed by atoms with van der Waals surface area (Å²) in [5.74, 6) is 0.386. The fourth-order valence-corrected chi connectivity index (χ4v) is 3.54. The molecule has 0 aliphatic heterocycles. The summed E-state index contributed by atoms with van der Waals surface area (Å²) < 4.78 is 32.4. The van der Waals surface area contributed by atoms with Crippen LogP contribution in [0, 0.1) is 10.1 Å². The van der Waals surface area contributed by atoms with Crippen molar-refractivity contribution in [2.24, 2.45) is 0 Å². The molecule has 0 saturated heterocycles. The highest BCUT2D eigenvalue weighted by Gasteiger charge is 2.30. The van der Waals surface area contributed by atoms with Crippen molar-refractivity contribution in [3.8, 4) is 5.75 Å². The van der Waals surface area contributed by atoms with Gasteiger partial charge in [-0.2, -0.15) is 0 Å². The first kappa shape index (κ1) is 17.7. The number of hydrogen-bond donors (Lipinski definition) is 0. The van der Waals surface area contributed by atoms with Crippen LogP contribution >= 0.6 is 0 Å². The lowest BCUT2D eigenvalue weighted by molar-refractivity contribution is -0.387. The first-order chi connectivity index (χ1) is 11.2. The van der Waals surface area contributed by atoms with E-state index in [1.165, 1.54) is 25.2 Å². The van der Waals surface area contributed by atoms with Crippen molar-refractivity contribution in [3.05, 3.63) is 58.6 Å². The maximum Gasteiger partial charge on any atom is 0.289 e. The largest absolute Gasteiger partial charge is 0.489 e. The van der Waals surface area contributed by atoms with Crippen LogP contribution in [0.4, 0.5) is 11.4 Å². The van der Waals surface area contributed by atoms with E-state index in [1.807, 2.05) is 13.8 Å². The Hall–Kier alpha value is -2.61. The van der Waals surface area contributed by atoms with Crippen LogP contribution in [-0.2, 0) is 10.0 Å². The molecule has 24 heavy (non-hydrogen) atoms. The Morgan fingerprint density at radius 1 is 1.08 bits per heavy atom. The SMILES string of the molecule is CC(C)Oc1ccccc1N(C)S(=O)(=O)c1ccccc1[N+](=O)[O-]. The Morgan fingerprint density at radius 2 is 1.67 bits per heavy atom. The van der Waals surface area contributed by atoms with E-state index in [1.54, 1.807) is 24.3 Å². The average molecular weight is 350 g/mol. The second kappa shape index (κ2) is 6.88. The van der Waals surface area contributed by atoms with E-state index >= 15 is 0 Å². The van der Waals surface area contributed by atoms with Gasteiger partial charge in [-0.1, -0.05) is 24.3 Å². The van der Waals surface area contributed by atoms with Crippen molar-refractivity contribution in [2.45, 2.75) is 24.8 Å². The number of para-hydroxylation sites is 3. The lowest BCUT2D eigenvalue weighted by atomic mass is 10.3. The maximum atomic E-state index is 12.9. The summed E-state index contributed by atoms with van der Waals surface area (Å²) in [7, 11) is -2.77. The van der Waals surface area contributed by atoms with E-state index in [0.29, 0.717) is 11.4 Å². The maximum absolute atomic E-state index is 12.9. The van der Waals surface area contributed by atoms with E-state index < -0.39 is 20.6 Å². The Kier molecular flexibility index (Phi) is 5.08. The van der Waals surface area contributed by atoms with E-state index in [9.17, 15) is 18.5 Å². The van der Waals surface area contributed by atoms with Gasteiger partial charge in [-0.15, -0.1) is 0 Å². The second-order valence-electron chi connectivity index (χ2n) is 5.33. The zero-order valence-corrected chi connectivity index (χ0v) is 14.4. The Morgan fingerprint density at radius 3 is 2.29 bits per heavy atom. The van der Waals surface area contributed by atoms with Gasteiger partial charge in [0, 0.05) is 13.1 Å². The quantitative estimate of drug-likeness (QED) is 0.589. The molecule has 0 aliphatic rings. The van der Waals surface area contributed by atoms with Gasteiger partial charge in [0.1, 0.15) is 5.75 Å². The molecule has 0 saturated carbocycles. The predicted molar refractivity (Wildman–Crippen MR) is 90.9 cm³/mol. The molecule has 128 valence electrons. The standard InChI is InChI=1S/C16H18N2O5S/c1-12(2)23-15-10-6-4-8-13(15)17(3)24(21,22)16-11-7-5-9-14(16)18(19)20/h4-12H,1-3H3. The molecule has 0 fully saturated rings. The van der Waals surface area contributed by atoms with Crippen molar-refractivity contribution < 1.29 is 18.1 Å². The summed E-state index contributed by atoms with van der Waals surface area (Å²) in [6, 6.07) is 11.9. The second-order valence-corrected chi connectivity index (χ2v) is 7.27. The van der Waals surface area contributed by atoms with Crippen LogP contribution in [0.1, 0.15) is 13.8 Å². The Bertz CT molecular complexity index is 849. The fraction of sp³-hybridized carbons (Fsp3) is 0.250. The van der Waals surface area contributed by atoms with Crippen molar-refractivity contribution in [3.63, 3.8) is 0 Å². The van der Waals surface area contributed by atoms with Gasteiger partial charge in [0.25, 0.3) is 15.7 Å². The molecular formula is C16H18N2O5S. The third kappa shape index (κ3) is 3.48. The van der Waals surface area contributed by atoms with Crippen LogP contribution < -0.4 is 9.04 Å². The smallest absolute Gasteiger partial charge is 0.289 e. The number of anilines is 1. The normalized spacial score (nSPS) is 11.3. The summed E-state index contributed by atoms with van der Waals surface area (Å²) in [5, 5.41) is 11.1. The number of hydrogen-bond acceptors (Lipinski definition) is 5. The van der Waals surface area contributed by atoms with Crippen LogP contribution in [0.15, 0.2) is 53.4 Å². The van der Waals surface area contributed by atoms with Crippen molar-refractivity contribution in [1.82, 2.24) is 0 Å². The molecule has 0 amide bonds. The van der Waals surface area contributed by atoms with E-state index in [0.717, 1.165) is 10.4 Å². The highest BCUT2D eigenvalue weighted by Crippen LogP contribution is 2.34. The molecule has 0 radical (unpaired) electrons. The molecule has 8 heteroatoms. The van der Waals surface area contributed by atoms with Crippen LogP contribution in [0.3, 0.4) is 0 Å². The molecule has 2 aromatic rings. The van der Waals surface area contributed by atoms with E-state index in [2.05, 4.69) is 0 Å². The highest BCUT2D eigenvalue weighted by molar-refractivity contribution is 7.93. The molecule has 0 N–H and O–H groups in total. The van der Waals surface area contributed by atoms with Crippen molar-refractivity contribution in [1.29, 1.82) is 0 Å². The first-order valence-corrected chi connectivity index (χ1v) is 8.67. The van der Waals surface area contributed by atoms with Gasteiger partial charge in [-0.25, -0.2) is 8.42 Å². The van der Waals surface area contributed by atoms with Gasteiger partial charge in [-0.3, -0.25) is 14.4 Å². The molecular weight excluding hydrogens is 332 g/mol. The highest BCUT2D eigenvalue weighted by atomic mass is 32.2. The lowest BCUT2D eigenvalue weighted by Crippen LogP contribution is -2.28. The number of nitro benzene ring substituents is 1. The van der Waals surface area contributed by atoms with Gasteiger partial charge in [0.2, 0.25) is 0 Å². The molecule has 0 unspecified atom stereocenters. The molecule has 0 aliphatic carbocycles. The Balaban J connectivity index is 2.54. The number of nitro groups is 1. The number of rotatable bonds is 6. The van der Waals surface area contributed by atoms with Crippen molar-refractivity contribution in [2.75, 3.05) is 11.4 Å². The van der Waals surface area contributed by atoms with Crippen LogP contribution in [-0.4, -0.2) is 26.5 Å². The zero-order valence-electron chi connectivity index (χ0n) is 13.5. The van der Waals surface area contributed by atoms with E-state index in [4.69, 9.17) is 4.74 Å². The molecule has 7 nitrogen and oxygen atoms in total. The summed E-state index contributed by atoms with van der Waals surface area (Å²) in [5.41, 5.74) is -0.157. The summed E-state index contributed by atoms with van der Waals surface area (Å²) in [6.45, 7) is 3.65. The minimum Gasteiger partial charge on any atom is -0.489 e. The zero-order chi connectivity index (χ0) is 17.9. The van der Waals surface area contributed by atoms with Crippen LogP contribution in [0.25, 0.3) is 0 Å². The third-order valence-corrected chi connectivity index (χ3v) is 5.09. The Labute approximate surface area is 140 Å². The summed E-state index contributed by atoms with van der Waals surface area (Å²) in [6.07, 6.45) is -0.145. The molecule has 0 bridgehead atoms. The lowest BCUT2D eigenvalue weighted by Gasteiger charge is -2.23. The summed E-state index contributed by atoms with van der Waals surface area (Å²) in [4.78, 5) is 10.1. The molecule has 2 aromatic carbocycles. The van der Waals surface area contributed by atoms with Gasteiger partial charge >= 0.3 is 0 Å². The minimum absolute atomic E-state index is 0.145. The monoisotopic (exact) mass is 350 g/mol. The molecule has 0 atom stereocenters. The van der Waals surface area contributed by atoms with Crippen LogP contribution in [0.2, 0.25) is 0 Å². The van der Waals surface area contributed by atoms with Gasteiger partial charge in [0.05, 0.1) is 16.7 Å². The minimum atomic E-state index is -4.11. The van der Waals surface area contributed by atoms with Gasteiger partial charge < -0.3 is 4.74 Å². The number of sulfonamides is 1. The van der Waals surface area contributed by atoms with Gasteiger partial charge in [0.15, 0.2) is 4.90 Å². The van der Waals surface area contributed by atoms with Gasteiger partial charge in [-0.05, 0) is 32.0 Å². The topological polar surface area (TPSA) is 89.8 Å². The molecule has 0 spiro atoms. The van der Waals surface area contributed by atoms with Crippen LogP contribution in [0.5, 0.6) is 5.75 Å². The number of benzene rings is 2. The first-order valence-electron chi connectivity index (χ1n) is 7.23. The van der Waals surface area contributed by atoms with E-state index in [-0.39, 0.29) is 11.0 Å². The summed E-state index contributed by atoms with van der Waals surface area (Å²) >= 11 is 0. The number of nitrogens with zero attached hydrogens (tertiary/aromatic N) is 2. The fourth-order valence-electron chi connectivity index (χ4n) is 2.17. The molecule has 0 aromatic heterocycles. The van der Waals surface area contributed by atoms with Crippen molar-refractivity contribution >= 4 is 21.4 Å². The average Bonchev–Trinajstić information content (AvgIpc) is 2.54. The molecule has 0 heterocycles.